The summed E-state index contributed by atoms with van der Waals surface area (Å²) in [7, 11) is 0. The summed E-state index contributed by atoms with van der Waals surface area (Å²) < 4.78 is 2.25. The number of anilines is 2. The Labute approximate surface area is 196 Å². The van der Waals surface area contributed by atoms with Gasteiger partial charge in [-0.3, -0.25) is 9.36 Å². The second kappa shape index (κ2) is 9.23. The van der Waals surface area contributed by atoms with Gasteiger partial charge < -0.3 is 10.2 Å². The van der Waals surface area contributed by atoms with Crippen molar-refractivity contribution < 1.29 is 4.79 Å². The monoisotopic (exact) mass is 468 g/mol. The van der Waals surface area contributed by atoms with Gasteiger partial charge in [-0.05, 0) is 63.1 Å². The van der Waals surface area contributed by atoms with Crippen LogP contribution in [0.2, 0.25) is 0 Å². The Kier molecular flexibility index (Phi) is 6.19. The van der Waals surface area contributed by atoms with Gasteiger partial charge in [0.05, 0.1) is 11.4 Å². The van der Waals surface area contributed by atoms with Crippen LogP contribution >= 0.6 is 23.1 Å². The van der Waals surface area contributed by atoms with Gasteiger partial charge in [0, 0.05) is 30.1 Å². The third-order valence-corrected chi connectivity index (χ3v) is 7.78. The molecule has 1 aromatic carbocycles. The number of hydrogen-bond donors (Lipinski definition) is 1. The average Bonchev–Trinajstić information content (AvgIpc) is 3.38. The quantitative estimate of drug-likeness (QED) is 0.488. The van der Waals surface area contributed by atoms with Crippen molar-refractivity contribution in [3.63, 3.8) is 0 Å². The fraction of sp³-hybridized carbons (Fsp3) is 0.478. The third-order valence-electron chi connectivity index (χ3n) is 6.08. The molecule has 3 heterocycles. The SMILES string of the molecule is Cc1ccc(-c2csc(NC(=O)CSc3nnc(N4CCCCC4)n3C3CC3)n2)cc1C. The lowest BCUT2D eigenvalue weighted by molar-refractivity contribution is -0.113. The molecule has 0 unspecified atom stereocenters. The van der Waals surface area contributed by atoms with E-state index in [1.165, 1.54) is 66.3 Å². The lowest BCUT2D eigenvalue weighted by atomic mass is 10.1. The average molecular weight is 469 g/mol. The number of rotatable bonds is 7. The van der Waals surface area contributed by atoms with Crippen molar-refractivity contribution >= 4 is 40.1 Å². The molecular weight excluding hydrogens is 440 g/mol. The third kappa shape index (κ3) is 4.68. The Morgan fingerprint density at radius 2 is 1.97 bits per heavy atom. The molecule has 9 heteroatoms. The number of benzene rings is 1. The molecule has 168 valence electrons. The van der Waals surface area contributed by atoms with Crippen LogP contribution in [0.1, 0.15) is 49.3 Å². The predicted molar refractivity (Wildman–Crippen MR) is 131 cm³/mol. The highest BCUT2D eigenvalue weighted by Crippen LogP contribution is 2.41. The van der Waals surface area contributed by atoms with E-state index in [9.17, 15) is 4.79 Å². The van der Waals surface area contributed by atoms with Crippen LogP contribution in [0.5, 0.6) is 0 Å². The summed E-state index contributed by atoms with van der Waals surface area (Å²) in [6.45, 7) is 6.29. The van der Waals surface area contributed by atoms with Crippen LogP contribution in [0, 0.1) is 13.8 Å². The molecule has 1 amide bonds. The lowest BCUT2D eigenvalue weighted by Gasteiger charge is -2.27. The second-order valence-corrected chi connectivity index (χ2v) is 10.4. The first-order chi connectivity index (χ1) is 15.6. The summed E-state index contributed by atoms with van der Waals surface area (Å²) in [5.74, 6) is 1.21. The molecule has 3 aromatic rings. The van der Waals surface area contributed by atoms with E-state index in [0.717, 1.165) is 35.5 Å². The van der Waals surface area contributed by atoms with Crippen LogP contribution in [0.15, 0.2) is 28.7 Å². The molecule has 5 rings (SSSR count). The van der Waals surface area contributed by atoms with Gasteiger partial charge in [0.2, 0.25) is 11.9 Å². The van der Waals surface area contributed by atoms with Gasteiger partial charge >= 0.3 is 0 Å². The van der Waals surface area contributed by atoms with E-state index >= 15 is 0 Å². The van der Waals surface area contributed by atoms with Crippen molar-refractivity contribution in [2.75, 3.05) is 29.1 Å². The minimum atomic E-state index is -0.0687. The molecule has 2 fully saturated rings. The molecule has 7 nitrogen and oxygen atoms in total. The van der Waals surface area contributed by atoms with Gasteiger partial charge in [-0.2, -0.15) is 0 Å². The number of nitrogens with zero attached hydrogens (tertiary/aromatic N) is 5. The van der Waals surface area contributed by atoms with Crippen LogP contribution in [0.25, 0.3) is 11.3 Å². The zero-order chi connectivity index (χ0) is 22.1. The zero-order valence-electron chi connectivity index (χ0n) is 18.5. The Hall–Kier alpha value is -2.39. The van der Waals surface area contributed by atoms with Crippen molar-refractivity contribution in [1.82, 2.24) is 19.7 Å². The predicted octanol–water partition coefficient (Wildman–Crippen LogP) is 5.07. The maximum Gasteiger partial charge on any atom is 0.236 e. The first-order valence-electron chi connectivity index (χ1n) is 11.2. The van der Waals surface area contributed by atoms with E-state index in [-0.39, 0.29) is 5.91 Å². The largest absolute Gasteiger partial charge is 0.341 e. The summed E-state index contributed by atoms with van der Waals surface area (Å²) >= 11 is 2.92. The first kappa shape index (κ1) is 21.5. The van der Waals surface area contributed by atoms with E-state index in [0.29, 0.717) is 16.9 Å². The van der Waals surface area contributed by atoms with Crippen molar-refractivity contribution in [2.45, 2.75) is 57.1 Å². The Balaban J connectivity index is 1.22. The van der Waals surface area contributed by atoms with Gasteiger partial charge in [0.1, 0.15) is 0 Å². The van der Waals surface area contributed by atoms with E-state index < -0.39 is 0 Å². The number of hydrogen-bond acceptors (Lipinski definition) is 7. The minimum absolute atomic E-state index is 0.0687. The zero-order valence-corrected chi connectivity index (χ0v) is 20.1. The molecule has 1 N–H and O–H groups in total. The van der Waals surface area contributed by atoms with Gasteiger partial charge in [0.15, 0.2) is 10.3 Å². The minimum Gasteiger partial charge on any atom is -0.341 e. The molecule has 2 aromatic heterocycles. The molecule has 1 saturated carbocycles. The number of thioether (sulfide) groups is 1. The highest BCUT2D eigenvalue weighted by Gasteiger charge is 2.32. The second-order valence-electron chi connectivity index (χ2n) is 8.61. The number of carbonyl (C=O) groups excluding carboxylic acids is 1. The fourth-order valence-corrected chi connectivity index (χ4v) is 5.52. The van der Waals surface area contributed by atoms with Crippen molar-refractivity contribution in [3.8, 4) is 11.3 Å². The Morgan fingerprint density at radius 1 is 1.16 bits per heavy atom. The van der Waals surface area contributed by atoms with E-state index in [4.69, 9.17) is 0 Å². The molecule has 0 bridgehead atoms. The van der Waals surface area contributed by atoms with Crippen molar-refractivity contribution in [2.24, 2.45) is 0 Å². The summed E-state index contributed by atoms with van der Waals surface area (Å²) in [6, 6.07) is 6.79. The number of nitrogens with one attached hydrogen (secondary N) is 1. The summed E-state index contributed by atoms with van der Waals surface area (Å²) in [6.07, 6.45) is 6.04. The highest BCUT2D eigenvalue weighted by molar-refractivity contribution is 7.99. The number of aromatic nitrogens is 4. The first-order valence-corrected chi connectivity index (χ1v) is 13.1. The molecule has 0 radical (unpaired) electrons. The normalized spacial score (nSPS) is 16.4. The standard InChI is InChI=1S/C23H28N6OS2/c1-15-6-7-17(12-16(15)2)19-13-31-21(24-19)25-20(30)14-32-23-27-26-22(29(23)18-8-9-18)28-10-4-3-5-11-28/h6-7,12-13,18H,3-5,8-11,14H2,1-2H3,(H,24,25,30). The van der Waals surface area contributed by atoms with E-state index in [2.05, 4.69) is 62.0 Å². The Morgan fingerprint density at radius 3 is 2.72 bits per heavy atom. The van der Waals surface area contributed by atoms with Crippen LogP contribution in [-0.2, 0) is 4.79 Å². The highest BCUT2D eigenvalue weighted by atomic mass is 32.2. The molecule has 1 saturated heterocycles. The number of carbonyl (C=O) groups is 1. The maximum atomic E-state index is 12.6. The van der Waals surface area contributed by atoms with Gasteiger partial charge in [-0.1, -0.05) is 23.9 Å². The smallest absolute Gasteiger partial charge is 0.236 e. The Bertz CT molecular complexity index is 1110. The molecule has 0 atom stereocenters. The fourth-order valence-electron chi connectivity index (χ4n) is 3.98. The number of piperidine rings is 1. The van der Waals surface area contributed by atoms with Crippen LogP contribution in [-0.4, -0.2) is 44.5 Å². The molecule has 0 spiro atoms. The van der Waals surface area contributed by atoms with Crippen LogP contribution in [0.3, 0.4) is 0 Å². The molecular formula is C23H28N6OS2. The summed E-state index contributed by atoms with van der Waals surface area (Å²) in [5.41, 5.74) is 4.46. The van der Waals surface area contributed by atoms with Crippen LogP contribution in [0.4, 0.5) is 11.1 Å². The number of amides is 1. The number of thiazole rings is 1. The van der Waals surface area contributed by atoms with Gasteiger partial charge in [-0.25, -0.2) is 4.98 Å². The maximum absolute atomic E-state index is 12.6. The summed E-state index contributed by atoms with van der Waals surface area (Å²) in [4.78, 5) is 19.6. The van der Waals surface area contributed by atoms with Gasteiger partial charge in [-0.15, -0.1) is 21.5 Å². The topological polar surface area (TPSA) is 75.9 Å². The lowest BCUT2D eigenvalue weighted by Crippen LogP contribution is -2.32. The molecule has 2 aliphatic rings. The molecule has 32 heavy (non-hydrogen) atoms. The van der Waals surface area contributed by atoms with E-state index in [1.807, 2.05) is 5.38 Å². The molecule has 1 aliphatic heterocycles. The summed E-state index contributed by atoms with van der Waals surface area (Å²) in [5, 5.41) is 15.3. The van der Waals surface area contributed by atoms with Crippen molar-refractivity contribution in [1.29, 1.82) is 0 Å². The van der Waals surface area contributed by atoms with Gasteiger partial charge in [0.25, 0.3) is 0 Å². The van der Waals surface area contributed by atoms with Crippen LogP contribution < -0.4 is 10.2 Å². The van der Waals surface area contributed by atoms with Crippen molar-refractivity contribution in [3.05, 3.63) is 34.7 Å². The van der Waals surface area contributed by atoms with E-state index in [1.54, 1.807) is 0 Å². The molecule has 1 aliphatic carbocycles. The number of aryl methyl sites for hydroxylation is 2.